The predicted molar refractivity (Wildman–Crippen MR) is 104 cm³/mol. The summed E-state index contributed by atoms with van der Waals surface area (Å²) in [5.41, 5.74) is 0.224. The molecule has 7 nitrogen and oxygen atoms in total. The molecule has 0 bridgehead atoms. The van der Waals surface area contributed by atoms with Crippen LogP contribution in [0.3, 0.4) is 0 Å². The number of carbonyl (C=O) groups excluding carboxylic acids is 1. The lowest BCUT2D eigenvalue weighted by molar-refractivity contribution is -0.384. The number of ether oxygens (including phenoxy) is 1. The average Bonchev–Trinajstić information content (AvgIpc) is 2.68. The second kappa shape index (κ2) is 7.97. The number of pyridine rings is 1. The molecule has 0 radical (unpaired) electrons. The van der Waals surface area contributed by atoms with Crippen molar-refractivity contribution in [3.05, 3.63) is 69.4 Å². The number of esters is 1. The van der Waals surface area contributed by atoms with E-state index in [1.807, 2.05) is 0 Å². The van der Waals surface area contributed by atoms with Crippen LogP contribution in [0, 0.1) is 17.0 Å². The number of hydrogen-bond donors (Lipinski definition) is 1. The van der Waals surface area contributed by atoms with Crippen LogP contribution < -0.4 is 5.32 Å². The largest absolute Gasteiger partial charge is 0.462 e. The van der Waals surface area contributed by atoms with Crippen molar-refractivity contribution in [1.29, 1.82) is 0 Å². The maximum absolute atomic E-state index is 13.1. The van der Waals surface area contributed by atoms with E-state index in [0.29, 0.717) is 11.3 Å². The molecule has 30 heavy (non-hydrogen) atoms. The number of anilines is 2. The number of nitrogens with one attached hydrogen (secondary N) is 1. The van der Waals surface area contributed by atoms with Gasteiger partial charge in [-0.15, -0.1) is 0 Å². The van der Waals surface area contributed by atoms with Gasteiger partial charge >= 0.3 is 12.1 Å². The Morgan fingerprint density at radius 1 is 1.23 bits per heavy atom. The van der Waals surface area contributed by atoms with Crippen LogP contribution in [-0.2, 0) is 10.9 Å². The third-order valence-electron chi connectivity index (χ3n) is 4.37. The Hall–Kier alpha value is -3.69. The molecular formula is C20H16F3N3O4. The standard InChI is InChI=1S/C20H16F3N3O4/c1-3-30-19(27)15-10-24-17-9-12(20(21,22)23)4-6-14(17)18(15)25-16-7-5-13(26(28)29)8-11(16)2/h4-10H,3H2,1-2H3,(H,24,25). The summed E-state index contributed by atoms with van der Waals surface area (Å²) in [6.45, 7) is 3.35. The Morgan fingerprint density at radius 3 is 2.57 bits per heavy atom. The van der Waals surface area contributed by atoms with Crippen molar-refractivity contribution in [3.63, 3.8) is 0 Å². The zero-order chi connectivity index (χ0) is 22.1. The Labute approximate surface area is 168 Å². The van der Waals surface area contributed by atoms with Gasteiger partial charge < -0.3 is 10.1 Å². The van der Waals surface area contributed by atoms with Gasteiger partial charge in [-0.05, 0) is 37.6 Å². The molecule has 10 heteroatoms. The molecule has 2 aromatic carbocycles. The SMILES string of the molecule is CCOC(=O)c1cnc2cc(C(F)(F)F)ccc2c1Nc1ccc([N+](=O)[O-])cc1C. The van der Waals surface area contributed by atoms with Crippen molar-refractivity contribution in [2.75, 3.05) is 11.9 Å². The number of halogens is 3. The molecular weight excluding hydrogens is 403 g/mol. The molecule has 0 aliphatic rings. The molecule has 0 amide bonds. The fraction of sp³-hybridized carbons (Fsp3) is 0.200. The normalized spacial score (nSPS) is 11.4. The maximum atomic E-state index is 13.1. The summed E-state index contributed by atoms with van der Waals surface area (Å²) in [6.07, 6.45) is -3.40. The number of aromatic nitrogens is 1. The van der Waals surface area contributed by atoms with Crippen molar-refractivity contribution >= 4 is 33.9 Å². The Morgan fingerprint density at radius 2 is 1.97 bits per heavy atom. The molecule has 3 rings (SSSR count). The van der Waals surface area contributed by atoms with E-state index < -0.39 is 22.6 Å². The van der Waals surface area contributed by atoms with Gasteiger partial charge in [-0.25, -0.2) is 4.79 Å². The predicted octanol–water partition coefficient (Wildman–Crippen LogP) is 5.39. The number of benzene rings is 2. The van der Waals surface area contributed by atoms with E-state index in [4.69, 9.17) is 4.74 Å². The van der Waals surface area contributed by atoms with Crippen molar-refractivity contribution in [2.24, 2.45) is 0 Å². The molecule has 1 N–H and O–H groups in total. The van der Waals surface area contributed by atoms with Crippen molar-refractivity contribution in [3.8, 4) is 0 Å². The molecule has 0 aliphatic heterocycles. The number of non-ortho nitro benzene ring substituents is 1. The fourth-order valence-electron chi connectivity index (χ4n) is 2.90. The molecule has 1 heterocycles. The van der Waals surface area contributed by atoms with Crippen LogP contribution in [0.5, 0.6) is 0 Å². The highest BCUT2D eigenvalue weighted by Crippen LogP contribution is 2.36. The molecule has 0 saturated carbocycles. The van der Waals surface area contributed by atoms with E-state index in [9.17, 15) is 28.1 Å². The van der Waals surface area contributed by atoms with Gasteiger partial charge in [0.05, 0.1) is 28.3 Å². The second-order valence-corrected chi connectivity index (χ2v) is 6.38. The first-order valence-electron chi connectivity index (χ1n) is 8.81. The number of nitro benzene ring substituents is 1. The number of aryl methyl sites for hydroxylation is 1. The topological polar surface area (TPSA) is 94.4 Å². The van der Waals surface area contributed by atoms with Crippen LogP contribution >= 0.6 is 0 Å². The van der Waals surface area contributed by atoms with Gasteiger partial charge in [-0.1, -0.05) is 6.07 Å². The quantitative estimate of drug-likeness (QED) is 0.338. The first-order valence-corrected chi connectivity index (χ1v) is 8.81. The van der Waals surface area contributed by atoms with Crippen molar-refractivity contribution < 1.29 is 27.6 Å². The zero-order valence-corrected chi connectivity index (χ0v) is 15.9. The van der Waals surface area contributed by atoms with E-state index in [0.717, 1.165) is 18.3 Å². The summed E-state index contributed by atoms with van der Waals surface area (Å²) in [5.74, 6) is -0.700. The Bertz CT molecular complexity index is 1150. The summed E-state index contributed by atoms with van der Waals surface area (Å²) < 4.78 is 44.2. The van der Waals surface area contributed by atoms with E-state index in [2.05, 4.69) is 10.3 Å². The molecule has 1 aromatic heterocycles. The van der Waals surface area contributed by atoms with E-state index in [-0.39, 0.29) is 34.4 Å². The van der Waals surface area contributed by atoms with Gasteiger partial charge in [0, 0.05) is 29.4 Å². The zero-order valence-electron chi connectivity index (χ0n) is 15.9. The van der Waals surface area contributed by atoms with Gasteiger partial charge in [-0.3, -0.25) is 15.1 Å². The van der Waals surface area contributed by atoms with E-state index >= 15 is 0 Å². The molecule has 0 spiro atoms. The molecule has 3 aromatic rings. The summed E-state index contributed by atoms with van der Waals surface area (Å²) in [7, 11) is 0. The lowest BCUT2D eigenvalue weighted by Gasteiger charge is -2.16. The number of hydrogen-bond acceptors (Lipinski definition) is 6. The maximum Gasteiger partial charge on any atom is 0.416 e. The highest BCUT2D eigenvalue weighted by atomic mass is 19.4. The van der Waals surface area contributed by atoms with Crippen LogP contribution in [-0.4, -0.2) is 22.5 Å². The van der Waals surface area contributed by atoms with Crippen LogP contribution in [0.1, 0.15) is 28.4 Å². The molecule has 0 unspecified atom stereocenters. The van der Waals surface area contributed by atoms with Crippen LogP contribution in [0.2, 0.25) is 0 Å². The molecule has 156 valence electrons. The lowest BCUT2D eigenvalue weighted by atomic mass is 10.1. The number of fused-ring (bicyclic) bond motifs is 1. The third-order valence-corrected chi connectivity index (χ3v) is 4.37. The Kier molecular flexibility index (Phi) is 5.59. The monoisotopic (exact) mass is 419 g/mol. The second-order valence-electron chi connectivity index (χ2n) is 6.38. The number of rotatable bonds is 5. The third kappa shape index (κ3) is 4.17. The minimum absolute atomic E-state index is 0.0277. The van der Waals surface area contributed by atoms with Crippen molar-refractivity contribution in [1.82, 2.24) is 4.98 Å². The molecule has 0 saturated heterocycles. The van der Waals surface area contributed by atoms with Gasteiger partial charge in [-0.2, -0.15) is 13.2 Å². The van der Waals surface area contributed by atoms with E-state index in [1.165, 1.54) is 24.3 Å². The lowest BCUT2D eigenvalue weighted by Crippen LogP contribution is -2.10. The number of nitro groups is 1. The van der Waals surface area contributed by atoms with Gasteiger partial charge in [0.1, 0.15) is 5.56 Å². The smallest absolute Gasteiger partial charge is 0.416 e. The minimum atomic E-state index is -4.54. The molecule has 0 aliphatic carbocycles. The Balaban J connectivity index is 2.17. The summed E-state index contributed by atoms with van der Waals surface area (Å²) in [6, 6.07) is 7.09. The summed E-state index contributed by atoms with van der Waals surface area (Å²) >= 11 is 0. The average molecular weight is 419 g/mol. The molecule has 0 atom stereocenters. The minimum Gasteiger partial charge on any atom is -0.462 e. The van der Waals surface area contributed by atoms with Crippen LogP contribution in [0.15, 0.2) is 42.6 Å². The number of alkyl halides is 3. The first-order chi connectivity index (χ1) is 14.1. The van der Waals surface area contributed by atoms with Gasteiger partial charge in [0.15, 0.2) is 0 Å². The highest BCUT2D eigenvalue weighted by molar-refractivity contribution is 6.06. The molecule has 0 fully saturated rings. The number of nitrogens with zero attached hydrogens (tertiary/aromatic N) is 2. The summed E-state index contributed by atoms with van der Waals surface area (Å²) in [4.78, 5) is 26.8. The van der Waals surface area contributed by atoms with Crippen LogP contribution in [0.4, 0.5) is 30.2 Å². The highest BCUT2D eigenvalue weighted by Gasteiger charge is 2.31. The van der Waals surface area contributed by atoms with Crippen LogP contribution in [0.25, 0.3) is 10.9 Å². The van der Waals surface area contributed by atoms with Crippen molar-refractivity contribution in [2.45, 2.75) is 20.0 Å². The number of carbonyl (C=O) groups is 1. The van der Waals surface area contributed by atoms with Gasteiger partial charge in [0.2, 0.25) is 0 Å². The van der Waals surface area contributed by atoms with Gasteiger partial charge in [0.25, 0.3) is 5.69 Å². The first kappa shape index (κ1) is 21.0. The summed E-state index contributed by atoms with van der Waals surface area (Å²) in [5, 5.41) is 14.2. The van der Waals surface area contributed by atoms with E-state index in [1.54, 1.807) is 13.8 Å². The fourth-order valence-corrected chi connectivity index (χ4v) is 2.90.